The molecule has 0 aromatic heterocycles. The van der Waals surface area contributed by atoms with Gasteiger partial charge < -0.3 is 10.6 Å². The van der Waals surface area contributed by atoms with Crippen LogP contribution in [-0.2, 0) is 17.1 Å². The van der Waals surface area contributed by atoms with Crippen LogP contribution >= 0.6 is 11.6 Å². The molecule has 0 radical (unpaired) electrons. The van der Waals surface area contributed by atoms with Gasteiger partial charge in [-0.05, 0) is 42.5 Å². The zero-order valence-corrected chi connectivity index (χ0v) is 13.6. The Bertz CT molecular complexity index is 787. The molecule has 0 bridgehead atoms. The smallest absolute Gasteiger partial charge is 0.376 e. The van der Waals surface area contributed by atoms with Gasteiger partial charge in [-0.1, -0.05) is 11.6 Å². The van der Waals surface area contributed by atoms with Crippen LogP contribution in [0.4, 0.5) is 37.7 Å². The summed E-state index contributed by atoms with van der Waals surface area (Å²) < 4.78 is 76.2. The first kappa shape index (κ1) is 19.9. The van der Waals surface area contributed by atoms with Crippen LogP contribution in [0.5, 0.6) is 0 Å². The number of nitrogens with one attached hydrogen (secondary N) is 2. The van der Waals surface area contributed by atoms with Crippen molar-refractivity contribution in [1.82, 2.24) is 0 Å². The van der Waals surface area contributed by atoms with E-state index in [1.807, 2.05) is 0 Å². The maximum Gasteiger partial charge on any atom is 0.418 e. The third kappa shape index (κ3) is 5.29. The Balaban J connectivity index is 2.02. The quantitative estimate of drug-likeness (QED) is 0.677. The van der Waals surface area contributed by atoms with Crippen LogP contribution in [0.15, 0.2) is 42.5 Å². The van der Waals surface area contributed by atoms with E-state index in [0.717, 1.165) is 30.3 Å². The Kier molecular flexibility index (Phi) is 5.70. The van der Waals surface area contributed by atoms with Gasteiger partial charge in [-0.15, -0.1) is 0 Å². The average molecular weight is 397 g/mol. The fourth-order valence-corrected chi connectivity index (χ4v) is 2.19. The molecule has 0 saturated heterocycles. The maximum absolute atomic E-state index is 12.9. The highest BCUT2D eigenvalue weighted by Gasteiger charge is 2.34. The maximum atomic E-state index is 12.9. The molecule has 0 aliphatic heterocycles. The predicted octanol–water partition coefficient (Wildman–Crippen LogP) is 5.43. The number of halogens is 7. The van der Waals surface area contributed by atoms with E-state index in [9.17, 15) is 31.1 Å². The molecule has 0 unspecified atom stereocenters. The number of alkyl halides is 6. The van der Waals surface area contributed by atoms with Crippen LogP contribution in [0.2, 0.25) is 5.02 Å². The van der Waals surface area contributed by atoms with Gasteiger partial charge in [-0.2, -0.15) is 26.3 Å². The summed E-state index contributed by atoms with van der Waals surface area (Å²) in [4.78, 5) is 11.8. The van der Waals surface area contributed by atoms with Gasteiger partial charge in [-0.3, -0.25) is 4.79 Å². The van der Waals surface area contributed by atoms with Crippen molar-refractivity contribution in [2.45, 2.75) is 12.4 Å². The highest BCUT2D eigenvalue weighted by Crippen LogP contribution is 2.36. The standard InChI is InChI=1S/C16H11ClF6N2O/c17-10-3-6-13(12(7-10)16(21,22)23)25-14(26)8-24-11-4-1-9(2-5-11)15(18,19)20/h1-7,24H,8H2,(H,25,26). The molecule has 140 valence electrons. The van der Waals surface area contributed by atoms with Gasteiger partial charge in [0.2, 0.25) is 5.91 Å². The second kappa shape index (κ2) is 7.45. The molecule has 0 fully saturated rings. The Morgan fingerprint density at radius 3 is 2.08 bits per heavy atom. The molecule has 2 aromatic rings. The lowest BCUT2D eigenvalue weighted by Gasteiger charge is -2.15. The van der Waals surface area contributed by atoms with E-state index in [0.29, 0.717) is 6.07 Å². The van der Waals surface area contributed by atoms with Gasteiger partial charge in [0.05, 0.1) is 23.4 Å². The zero-order valence-electron chi connectivity index (χ0n) is 12.8. The SMILES string of the molecule is O=C(CNc1ccc(C(F)(F)F)cc1)Nc1ccc(Cl)cc1C(F)(F)F. The highest BCUT2D eigenvalue weighted by atomic mass is 35.5. The van der Waals surface area contributed by atoms with E-state index in [4.69, 9.17) is 11.6 Å². The lowest BCUT2D eigenvalue weighted by atomic mass is 10.1. The fourth-order valence-electron chi connectivity index (χ4n) is 2.01. The number of carbonyl (C=O) groups excluding carboxylic acids is 1. The summed E-state index contributed by atoms with van der Waals surface area (Å²) in [7, 11) is 0. The molecule has 10 heteroatoms. The van der Waals surface area contributed by atoms with E-state index in [1.54, 1.807) is 0 Å². The third-order valence-electron chi connectivity index (χ3n) is 3.23. The molecule has 2 rings (SSSR count). The lowest BCUT2D eigenvalue weighted by Crippen LogP contribution is -2.23. The van der Waals surface area contributed by atoms with Gasteiger partial charge in [-0.25, -0.2) is 0 Å². The largest absolute Gasteiger partial charge is 0.418 e. The normalized spacial score (nSPS) is 12.0. The van der Waals surface area contributed by atoms with Crippen molar-refractivity contribution in [3.63, 3.8) is 0 Å². The molecule has 0 spiro atoms. The molecule has 26 heavy (non-hydrogen) atoms. The lowest BCUT2D eigenvalue weighted by molar-refractivity contribution is -0.138. The van der Waals surface area contributed by atoms with Crippen molar-refractivity contribution in [3.8, 4) is 0 Å². The molecule has 3 nitrogen and oxygen atoms in total. The molecule has 0 aliphatic rings. The van der Waals surface area contributed by atoms with Crippen LogP contribution in [-0.4, -0.2) is 12.5 Å². The van der Waals surface area contributed by atoms with Crippen LogP contribution in [0.25, 0.3) is 0 Å². The highest BCUT2D eigenvalue weighted by molar-refractivity contribution is 6.30. The second-order valence-electron chi connectivity index (χ2n) is 5.16. The predicted molar refractivity (Wildman–Crippen MR) is 85.0 cm³/mol. The molecular formula is C16H11ClF6N2O. The molecule has 2 aromatic carbocycles. The van der Waals surface area contributed by atoms with E-state index in [-0.39, 0.29) is 10.7 Å². The number of carbonyl (C=O) groups is 1. The molecule has 1 amide bonds. The van der Waals surface area contributed by atoms with E-state index < -0.39 is 41.6 Å². The number of hydrogen-bond donors (Lipinski definition) is 2. The number of amides is 1. The number of hydrogen-bond acceptors (Lipinski definition) is 2. The Morgan fingerprint density at radius 1 is 0.923 bits per heavy atom. The van der Waals surface area contributed by atoms with Crippen molar-refractivity contribution in [2.75, 3.05) is 17.2 Å². The molecule has 2 N–H and O–H groups in total. The van der Waals surface area contributed by atoms with Crippen molar-refractivity contribution >= 4 is 28.9 Å². The average Bonchev–Trinajstić information content (AvgIpc) is 2.53. The molecular weight excluding hydrogens is 386 g/mol. The van der Waals surface area contributed by atoms with Gasteiger partial charge in [0.25, 0.3) is 0 Å². The summed E-state index contributed by atoms with van der Waals surface area (Å²) in [6.45, 7) is -0.439. The van der Waals surface area contributed by atoms with Crippen LogP contribution in [0.1, 0.15) is 11.1 Å². The number of benzene rings is 2. The summed E-state index contributed by atoms with van der Waals surface area (Å²) in [5.41, 5.74) is -2.22. The van der Waals surface area contributed by atoms with Crippen molar-refractivity contribution in [3.05, 3.63) is 58.6 Å². The number of anilines is 2. The summed E-state index contributed by atoms with van der Waals surface area (Å²) >= 11 is 5.54. The van der Waals surface area contributed by atoms with Crippen LogP contribution in [0, 0.1) is 0 Å². The van der Waals surface area contributed by atoms with Crippen LogP contribution in [0.3, 0.4) is 0 Å². The first-order valence-corrected chi connectivity index (χ1v) is 7.42. The molecule has 0 atom stereocenters. The minimum atomic E-state index is -4.71. The van der Waals surface area contributed by atoms with Gasteiger partial charge in [0.15, 0.2) is 0 Å². The zero-order chi connectivity index (χ0) is 19.5. The Morgan fingerprint density at radius 2 is 1.54 bits per heavy atom. The second-order valence-corrected chi connectivity index (χ2v) is 5.60. The van der Waals surface area contributed by atoms with Crippen LogP contribution < -0.4 is 10.6 Å². The van der Waals surface area contributed by atoms with E-state index in [2.05, 4.69) is 10.6 Å². The van der Waals surface area contributed by atoms with Gasteiger partial charge in [0, 0.05) is 10.7 Å². The van der Waals surface area contributed by atoms with Crippen molar-refractivity contribution in [2.24, 2.45) is 0 Å². The number of rotatable bonds is 4. The minimum absolute atomic E-state index is 0.141. The fraction of sp³-hybridized carbons (Fsp3) is 0.188. The summed E-state index contributed by atoms with van der Waals surface area (Å²) in [5.74, 6) is -0.808. The van der Waals surface area contributed by atoms with Gasteiger partial charge in [0.1, 0.15) is 0 Å². The van der Waals surface area contributed by atoms with Gasteiger partial charge >= 0.3 is 12.4 Å². The molecule has 0 saturated carbocycles. The first-order valence-electron chi connectivity index (χ1n) is 7.04. The summed E-state index contributed by atoms with van der Waals surface area (Å²) in [6.07, 6.45) is -9.20. The summed E-state index contributed by atoms with van der Waals surface area (Å²) in [5, 5.41) is 4.48. The Hall–Kier alpha value is -2.42. The minimum Gasteiger partial charge on any atom is -0.376 e. The van der Waals surface area contributed by atoms with E-state index >= 15 is 0 Å². The Labute approximate surface area is 149 Å². The molecule has 0 heterocycles. The van der Waals surface area contributed by atoms with Crippen molar-refractivity contribution < 1.29 is 31.1 Å². The summed E-state index contributed by atoms with van der Waals surface area (Å²) in [6, 6.07) is 6.75. The topological polar surface area (TPSA) is 41.1 Å². The third-order valence-corrected chi connectivity index (χ3v) is 3.46. The van der Waals surface area contributed by atoms with Crippen molar-refractivity contribution in [1.29, 1.82) is 0 Å². The monoisotopic (exact) mass is 396 g/mol. The van der Waals surface area contributed by atoms with E-state index in [1.165, 1.54) is 6.07 Å². The molecule has 0 aliphatic carbocycles. The first-order chi connectivity index (χ1) is 12.0.